The lowest BCUT2D eigenvalue weighted by atomic mass is 10.0. The van der Waals surface area contributed by atoms with Crippen LogP contribution in [0.2, 0.25) is 0 Å². The van der Waals surface area contributed by atoms with Crippen LogP contribution in [-0.4, -0.2) is 62.0 Å². The first-order chi connectivity index (χ1) is 20.9. The first-order valence-electron chi connectivity index (χ1n) is 14.7. The Morgan fingerprint density at radius 2 is 1.95 bits per heavy atom. The second kappa shape index (κ2) is 14.5. The molecule has 12 heteroatoms. The van der Waals surface area contributed by atoms with Crippen molar-refractivity contribution in [1.29, 1.82) is 0 Å². The van der Waals surface area contributed by atoms with Crippen molar-refractivity contribution in [3.8, 4) is 11.5 Å². The normalized spacial score (nSPS) is 21.3. The van der Waals surface area contributed by atoms with Crippen LogP contribution in [0.15, 0.2) is 52.9 Å². The summed E-state index contributed by atoms with van der Waals surface area (Å²) in [5.74, 6) is 2.65. The smallest absolute Gasteiger partial charge is 0.315 e. The Balaban J connectivity index is 1.04. The fourth-order valence-electron chi connectivity index (χ4n) is 5.77. The van der Waals surface area contributed by atoms with E-state index in [1.54, 1.807) is 19.2 Å². The van der Waals surface area contributed by atoms with Crippen LogP contribution < -0.4 is 36.2 Å². The first kappa shape index (κ1) is 30.5. The quantitative estimate of drug-likeness (QED) is 0.0891. The van der Waals surface area contributed by atoms with E-state index in [0.717, 1.165) is 41.7 Å². The molecule has 2 aliphatic heterocycles. The van der Waals surface area contributed by atoms with Crippen LogP contribution in [-0.2, 0) is 17.6 Å². The number of methoxy groups -OCH3 is 1. The van der Waals surface area contributed by atoms with Gasteiger partial charge in [-0.2, -0.15) is 16.9 Å². The number of amides is 3. The number of hydrogen-bond donors (Lipinski definition) is 5. The molecule has 3 atom stereocenters. The summed E-state index contributed by atoms with van der Waals surface area (Å²) in [6, 6.07) is 10.6. The molecule has 43 heavy (non-hydrogen) atoms. The lowest BCUT2D eigenvalue weighted by molar-refractivity contribution is -0.121. The molecule has 2 heterocycles. The zero-order chi connectivity index (χ0) is 30.2. The number of ether oxygens (including phenoxy) is 2. The van der Waals surface area contributed by atoms with Crippen LogP contribution in [0.4, 0.5) is 14.9 Å². The molecule has 5 N–H and O–H groups in total. The summed E-state index contributed by atoms with van der Waals surface area (Å²) in [5, 5.41) is 16.4. The highest BCUT2D eigenvalue weighted by atomic mass is 32.2. The fourth-order valence-corrected chi connectivity index (χ4v) is 7.32. The lowest BCUT2D eigenvalue weighted by Crippen LogP contribution is -2.36. The van der Waals surface area contributed by atoms with Gasteiger partial charge in [-0.05, 0) is 79.1 Å². The Morgan fingerprint density at radius 3 is 2.72 bits per heavy atom. The largest absolute Gasteiger partial charge is 0.493 e. The zero-order valence-electron chi connectivity index (χ0n) is 24.3. The third kappa shape index (κ3) is 7.92. The maximum atomic E-state index is 13.7. The van der Waals surface area contributed by atoms with E-state index in [4.69, 9.17) is 9.47 Å². The number of urea groups is 1. The molecule has 5 rings (SSSR count). The first-order valence-corrected chi connectivity index (χ1v) is 15.7. The molecule has 0 bridgehead atoms. The molecule has 0 spiro atoms. The number of halogens is 1. The molecule has 10 nitrogen and oxygen atoms in total. The molecule has 2 saturated heterocycles. The molecule has 2 aromatic carbocycles. The topological polar surface area (TPSA) is 125 Å². The number of anilines is 1. The number of allylic oxidation sites excluding steroid dienone is 1. The van der Waals surface area contributed by atoms with Gasteiger partial charge in [-0.15, -0.1) is 0 Å². The van der Waals surface area contributed by atoms with Gasteiger partial charge in [0.05, 0.1) is 25.8 Å². The maximum absolute atomic E-state index is 13.7. The Labute approximate surface area is 255 Å². The van der Waals surface area contributed by atoms with Gasteiger partial charge < -0.3 is 30.7 Å². The van der Waals surface area contributed by atoms with Crippen LogP contribution in [0.3, 0.4) is 0 Å². The molecule has 0 aromatic heterocycles. The second-order valence-corrected chi connectivity index (χ2v) is 12.2. The van der Waals surface area contributed by atoms with E-state index in [-0.39, 0.29) is 29.8 Å². The Kier molecular flexibility index (Phi) is 10.3. The van der Waals surface area contributed by atoms with Crippen LogP contribution in [0.25, 0.3) is 0 Å². The summed E-state index contributed by atoms with van der Waals surface area (Å²) in [5.41, 5.74) is 6.81. The van der Waals surface area contributed by atoms with Crippen LogP contribution >= 0.6 is 11.8 Å². The van der Waals surface area contributed by atoms with Crippen molar-refractivity contribution < 1.29 is 23.5 Å². The van der Waals surface area contributed by atoms with Crippen LogP contribution in [0.1, 0.15) is 43.2 Å². The van der Waals surface area contributed by atoms with Crippen molar-refractivity contribution in [2.75, 3.05) is 31.3 Å². The molecule has 0 radical (unpaired) electrons. The van der Waals surface area contributed by atoms with Crippen molar-refractivity contribution in [2.24, 2.45) is 5.10 Å². The second-order valence-electron chi connectivity index (χ2n) is 10.9. The van der Waals surface area contributed by atoms with Crippen molar-refractivity contribution in [3.05, 3.63) is 64.7 Å². The maximum Gasteiger partial charge on any atom is 0.315 e. The van der Waals surface area contributed by atoms with E-state index in [0.29, 0.717) is 67.1 Å². The predicted octanol–water partition coefficient (Wildman–Crippen LogP) is 4.07. The third-order valence-corrected chi connectivity index (χ3v) is 9.42. The van der Waals surface area contributed by atoms with Crippen molar-refractivity contribution in [1.82, 2.24) is 21.4 Å². The Bertz CT molecular complexity index is 1370. The molecule has 0 saturated carbocycles. The third-order valence-electron chi connectivity index (χ3n) is 7.91. The number of benzene rings is 2. The van der Waals surface area contributed by atoms with Gasteiger partial charge >= 0.3 is 6.03 Å². The molecule has 3 amide bonds. The number of nitrogens with one attached hydrogen (secondary N) is 5. The van der Waals surface area contributed by atoms with Gasteiger partial charge in [0.15, 0.2) is 11.5 Å². The number of carbonyl (C=O) groups excluding carboxylic acids is 2. The molecule has 2 fully saturated rings. The summed E-state index contributed by atoms with van der Waals surface area (Å²) in [7, 11) is 1.62. The van der Waals surface area contributed by atoms with Crippen LogP contribution in [0.5, 0.6) is 11.5 Å². The van der Waals surface area contributed by atoms with E-state index < -0.39 is 0 Å². The summed E-state index contributed by atoms with van der Waals surface area (Å²) in [6.07, 6.45) is 5.30. The minimum absolute atomic E-state index is 0.0486. The van der Waals surface area contributed by atoms with Gasteiger partial charge in [0, 0.05) is 36.4 Å². The van der Waals surface area contributed by atoms with E-state index in [1.165, 1.54) is 12.1 Å². The van der Waals surface area contributed by atoms with Crippen molar-refractivity contribution >= 4 is 36.1 Å². The molecule has 3 unspecified atom stereocenters. The lowest BCUT2D eigenvalue weighted by Gasteiger charge is -2.16. The van der Waals surface area contributed by atoms with Gasteiger partial charge in [-0.1, -0.05) is 12.5 Å². The Hall–Kier alpha value is -3.93. The van der Waals surface area contributed by atoms with Gasteiger partial charge in [0.1, 0.15) is 11.6 Å². The minimum atomic E-state index is -0.325. The highest BCUT2D eigenvalue weighted by Crippen LogP contribution is 2.38. The fraction of sp³-hybridized carbons (Fsp3) is 0.452. The molecular formula is C31H39FN6O4S. The zero-order valence-corrected chi connectivity index (χ0v) is 25.2. The van der Waals surface area contributed by atoms with E-state index in [9.17, 15) is 14.0 Å². The van der Waals surface area contributed by atoms with Gasteiger partial charge in [-0.25, -0.2) is 9.18 Å². The van der Waals surface area contributed by atoms with Crippen LogP contribution in [0, 0.1) is 5.82 Å². The Morgan fingerprint density at radius 1 is 1.14 bits per heavy atom. The average molecular weight is 611 g/mol. The monoisotopic (exact) mass is 610 g/mol. The van der Waals surface area contributed by atoms with Gasteiger partial charge in [0.2, 0.25) is 5.91 Å². The SMILES string of the molecule is C=NN/C(Nc1cccc(F)c1)=C1/Cc2cc(OC)c(OCCCNC(=O)CCCCC3SCC4NC(=O)NC43)cc2C1. The highest BCUT2D eigenvalue weighted by Gasteiger charge is 2.42. The summed E-state index contributed by atoms with van der Waals surface area (Å²) >= 11 is 1.90. The highest BCUT2D eigenvalue weighted by molar-refractivity contribution is 8.00. The number of nitrogens with zero attached hydrogens (tertiary/aromatic N) is 1. The molecule has 3 aliphatic rings. The predicted molar refractivity (Wildman–Crippen MR) is 167 cm³/mol. The number of carbonyl (C=O) groups is 2. The van der Waals surface area contributed by atoms with E-state index >= 15 is 0 Å². The minimum Gasteiger partial charge on any atom is -0.493 e. The number of hydrazone groups is 1. The number of unbranched alkanes of at least 4 members (excludes halogenated alkanes) is 1. The van der Waals surface area contributed by atoms with Gasteiger partial charge in [0.25, 0.3) is 0 Å². The number of thioether (sulfide) groups is 1. The molecule has 2 aromatic rings. The van der Waals surface area contributed by atoms with Gasteiger partial charge in [-0.3, -0.25) is 10.2 Å². The molecule has 1 aliphatic carbocycles. The number of hydrogen-bond acceptors (Lipinski definition) is 8. The number of rotatable bonds is 15. The van der Waals surface area contributed by atoms with E-state index in [2.05, 4.69) is 38.5 Å². The summed E-state index contributed by atoms with van der Waals surface area (Å²) < 4.78 is 25.3. The summed E-state index contributed by atoms with van der Waals surface area (Å²) in [6.45, 7) is 4.51. The standard InChI is InChI=1S/C31H39FN6O4S/c1-33-38-30(35-23-8-5-7-22(32)17-23)21-13-19-15-25(41-2)26(16-20(19)14-21)42-12-6-11-34-28(39)10-4-3-9-27-29-24(18-43-27)36-31(40)37-29/h5,7-8,15-17,24,27,29,35,38H,1,3-4,6,9-14,18H2,2H3,(H,34,39)(H2,36,37,40)/b30-21-. The van der Waals surface area contributed by atoms with Crippen molar-refractivity contribution in [3.63, 3.8) is 0 Å². The number of fused-ring (bicyclic) bond motifs is 2. The van der Waals surface area contributed by atoms with E-state index in [1.807, 2.05) is 23.9 Å². The summed E-state index contributed by atoms with van der Waals surface area (Å²) in [4.78, 5) is 23.8. The van der Waals surface area contributed by atoms with Crippen molar-refractivity contribution in [2.45, 2.75) is 62.3 Å². The average Bonchev–Trinajstić information content (AvgIpc) is 3.68. The molecular weight excluding hydrogens is 571 g/mol. The molecule has 230 valence electrons.